The van der Waals surface area contributed by atoms with E-state index in [9.17, 15) is 4.79 Å². The Labute approximate surface area is 94.3 Å². The van der Waals surface area contributed by atoms with Crippen LogP contribution < -0.4 is 5.32 Å². The second-order valence-corrected chi connectivity index (χ2v) is 3.70. The summed E-state index contributed by atoms with van der Waals surface area (Å²) in [6, 6.07) is 5.70. The number of rotatable bonds is 4. The number of carbonyl (C=O) groups excluding carboxylic acids is 1. The number of aromatic nitrogens is 2. The van der Waals surface area contributed by atoms with Crippen LogP contribution in [-0.4, -0.2) is 21.8 Å². The first kappa shape index (κ1) is 10.7. The van der Waals surface area contributed by atoms with Crippen molar-refractivity contribution in [2.24, 2.45) is 0 Å². The van der Waals surface area contributed by atoms with Crippen LogP contribution in [-0.2, 0) is 0 Å². The van der Waals surface area contributed by atoms with Gasteiger partial charge in [-0.2, -0.15) is 0 Å². The van der Waals surface area contributed by atoms with Crippen molar-refractivity contribution in [2.75, 3.05) is 6.54 Å². The van der Waals surface area contributed by atoms with E-state index in [0.717, 1.165) is 18.4 Å². The fourth-order valence-electron chi connectivity index (χ4n) is 1.58. The third kappa shape index (κ3) is 2.05. The van der Waals surface area contributed by atoms with Gasteiger partial charge in [0.05, 0.1) is 5.52 Å². The number of fused-ring (bicyclic) bond motifs is 1. The Hall–Kier alpha value is -1.84. The lowest BCUT2D eigenvalue weighted by molar-refractivity contribution is 0.0950. The summed E-state index contributed by atoms with van der Waals surface area (Å²) in [6.45, 7) is 2.80. The van der Waals surface area contributed by atoms with E-state index in [0.29, 0.717) is 12.2 Å². The maximum absolute atomic E-state index is 11.8. The molecular formula is C12H15N3O. The summed E-state index contributed by atoms with van der Waals surface area (Å²) in [7, 11) is 0. The summed E-state index contributed by atoms with van der Waals surface area (Å²) in [5.41, 5.74) is 1.34. The highest BCUT2D eigenvalue weighted by atomic mass is 16.1. The van der Waals surface area contributed by atoms with Gasteiger partial charge >= 0.3 is 0 Å². The average molecular weight is 217 g/mol. The highest BCUT2D eigenvalue weighted by Crippen LogP contribution is 2.08. The zero-order chi connectivity index (χ0) is 11.4. The molecule has 4 nitrogen and oxygen atoms in total. The number of hydrogen-bond acceptors (Lipinski definition) is 2. The topological polar surface area (TPSA) is 46.4 Å². The van der Waals surface area contributed by atoms with Gasteiger partial charge in [-0.15, -0.1) is 0 Å². The molecule has 2 heterocycles. The molecule has 0 radical (unpaired) electrons. The lowest BCUT2D eigenvalue weighted by Gasteiger charge is -2.01. The van der Waals surface area contributed by atoms with Gasteiger partial charge in [0.1, 0.15) is 6.33 Å². The Morgan fingerprint density at radius 3 is 3.19 bits per heavy atom. The molecule has 0 spiro atoms. The molecular weight excluding hydrogens is 202 g/mol. The standard InChI is InChI=1S/C12H15N3O/c1-2-3-7-13-12(16)11-10-6-4-5-8-15(10)9-14-11/h4-6,8-9H,2-3,7H2,1H3,(H,13,16). The highest BCUT2D eigenvalue weighted by molar-refractivity contribution is 5.98. The monoisotopic (exact) mass is 217 g/mol. The molecule has 2 aromatic heterocycles. The van der Waals surface area contributed by atoms with Gasteiger partial charge in [-0.25, -0.2) is 4.98 Å². The van der Waals surface area contributed by atoms with Crippen LogP contribution in [0.1, 0.15) is 30.3 Å². The fraction of sp³-hybridized carbons (Fsp3) is 0.333. The molecule has 0 aliphatic carbocycles. The van der Waals surface area contributed by atoms with E-state index in [1.54, 1.807) is 6.33 Å². The maximum Gasteiger partial charge on any atom is 0.272 e. The van der Waals surface area contributed by atoms with Crippen LogP contribution in [0.25, 0.3) is 5.52 Å². The zero-order valence-electron chi connectivity index (χ0n) is 9.31. The molecule has 0 saturated heterocycles. The molecule has 16 heavy (non-hydrogen) atoms. The molecule has 4 heteroatoms. The van der Waals surface area contributed by atoms with Gasteiger partial charge < -0.3 is 9.72 Å². The summed E-state index contributed by atoms with van der Waals surface area (Å²) in [5, 5.41) is 2.86. The van der Waals surface area contributed by atoms with Crippen molar-refractivity contribution < 1.29 is 4.79 Å². The van der Waals surface area contributed by atoms with Crippen molar-refractivity contribution in [3.63, 3.8) is 0 Å². The van der Waals surface area contributed by atoms with E-state index in [1.807, 2.05) is 28.8 Å². The molecule has 0 aliphatic rings. The van der Waals surface area contributed by atoms with Crippen molar-refractivity contribution in [3.8, 4) is 0 Å². The van der Waals surface area contributed by atoms with E-state index in [-0.39, 0.29) is 5.91 Å². The molecule has 2 aromatic rings. The molecule has 0 bridgehead atoms. The summed E-state index contributed by atoms with van der Waals surface area (Å²) in [5.74, 6) is -0.0952. The largest absolute Gasteiger partial charge is 0.351 e. The Kier molecular flexibility index (Phi) is 3.19. The lowest BCUT2D eigenvalue weighted by Crippen LogP contribution is -2.24. The smallest absolute Gasteiger partial charge is 0.272 e. The molecule has 0 unspecified atom stereocenters. The number of nitrogens with zero attached hydrogens (tertiary/aromatic N) is 2. The zero-order valence-corrected chi connectivity index (χ0v) is 9.31. The average Bonchev–Trinajstić information content (AvgIpc) is 2.73. The molecule has 0 aliphatic heterocycles. The predicted molar refractivity (Wildman–Crippen MR) is 62.4 cm³/mol. The minimum absolute atomic E-state index is 0.0952. The third-order valence-corrected chi connectivity index (χ3v) is 2.47. The second-order valence-electron chi connectivity index (χ2n) is 3.70. The van der Waals surface area contributed by atoms with Crippen LogP contribution in [0, 0.1) is 0 Å². The van der Waals surface area contributed by atoms with E-state index in [4.69, 9.17) is 0 Å². The van der Waals surface area contributed by atoms with Crippen LogP contribution in [0.5, 0.6) is 0 Å². The fourth-order valence-corrected chi connectivity index (χ4v) is 1.58. The summed E-state index contributed by atoms with van der Waals surface area (Å²) in [4.78, 5) is 15.9. The predicted octanol–water partition coefficient (Wildman–Crippen LogP) is 1.86. The van der Waals surface area contributed by atoms with Crippen LogP contribution in [0.3, 0.4) is 0 Å². The number of amides is 1. The second kappa shape index (κ2) is 4.79. The minimum atomic E-state index is -0.0952. The van der Waals surface area contributed by atoms with Crippen molar-refractivity contribution in [1.82, 2.24) is 14.7 Å². The molecule has 2 rings (SSSR count). The quantitative estimate of drug-likeness (QED) is 0.795. The normalized spacial score (nSPS) is 10.6. The van der Waals surface area contributed by atoms with Crippen LogP contribution in [0.15, 0.2) is 30.7 Å². The van der Waals surface area contributed by atoms with E-state index < -0.39 is 0 Å². The lowest BCUT2D eigenvalue weighted by atomic mass is 10.3. The first-order chi connectivity index (χ1) is 7.83. The summed E-state index contributed by atoms with van der Waals surface area (Å²) >= 11 is 0. The van der Waals surface area contributed by atoms with Crippen LogP contribution in [0.2, 0.25) is 0 Å². The van der Waals surface area contributed by atoms with Gasteiger partial charge in [0.2, 0.25) is 0 Å². The number of imidazole rings is 1. The summed E-state index contributed by atoms with van der Waals surface area (Å²) < 4.78 is 1.84. The number of carbonyl (C=O) groups is 1. The number of pyridine rings is 1. The van der Waals surface area contributed by atoms with E-state index >= 15 is 0 Å². The Morgan fingerprint density at radius 2 is 2.38 bits per heavy atom. The molecule has 0 fully saturated rings. The maximum atomic E-state index is 11.8. The van der Waals surface area contributed by atoms with Gasteiger partial charge in [-0.1, -0.05) is 19.4 Å². The minimum Gasteiger partial charge on any atom is -0.351 e. The molecule has 0 atom stereocenters. The highest BCUT2D eigenvalue weighted by Gasteiger charge is 2.11. The van der Waals surface area contributed by atoms with Crippen LogP contribution in [0.4, 0.5) is 0 Å². The molecule has 1 amide bonds. The van der Waals surface area contributed by atoms with Crippen molar-refractivity contribution in [2.45, 2.75) is 19.8 Å². The van der Waals surface area contributed by atoms with Gasteiger partial charge in [0.15, 0.2) is 5.69 Å². The first-order valence-corrected chi connectivity index (χ1v) is 5.53. The number of nitrogens with one attached hydrogen (secondary N) is 1. The Bertz CT molecular complexity index is 490. The van der Waals surface area contributed by atoms with Crippen molar-refractivity contribution >= 4 is 11.4 Å². The first-order valence-electron chi connectivity index (χ1n) is 5.53. The van der Waals surface area contributed by atoms with Crippen molar-refractivity contribution in [3.05, 3.63) is 36.4 Å². The summed E-state index contributed by atoms with van der Waals surface area (Å²) in [6.07, 6.45) is 5.61. The van der Waals surface area contributed by atoms with Gasteiger partial charge in [-0.3, -0.25) is 4.79 Å². The Balaban J connectivity index is 2.17. The van der Waals surface area contributed by atoms with Crippen molar-refractivity contribution in [1.29, 1.82) is 0 Å². The van der Waals surface area contributed by atoms with Gasteiger partial charge in [0.25, 0.3) is 5.91 Å². The third-order valence-electron chi connectivity index (χ3n) is 2.47. The number of hydrogen-bond donors (Lipinski definition) is 1. The SMILES string of the molecule is CCCCNC(=O)c1ncn2ccccc12. The molecule has 0 saturated carbocycles. The molecule has 84 valence electrons. The molecule has 0 aromatic carbocycles. The van der Waals surface area contributed by atoms with E-state index in [1.165, 1.54) is 0 Å². The van der Waals surface area contributed by atoms with E-state index in [2.05, 4.69) is 17.2 Å². The van der Waals surface area contributed by atoms with Gasteiger partial charge in [-0.05, 0) is 18.6 Å². The van der Waals surface area contributed by atoms with Gasteiger partial charge in [0, 0.05) is 12.7 Å². The number of unbranched alkanes of at least 4 members (excludes halogenated alkanes) is 1. The Morgan fingerprint density at radius 1 is 1.50 bits per heavy atom. The molecule has 1 N–H and O–H groups in total. The van der Waals surface area contributed by atoms with Crippen LogP contribution >= 0.6 is 0 Å².